The average molecular weight is 449 g/mol. The summed E-state index contributed by atoms with van der Waals surface area (Å²) < 4.78 is 53.3. The monoisotopic (exact) mass is 449 g/mol. The van der Waals surface area contributed by atoms with Crippen LogP contribution < -0.4 is 15.1 Å². The Bertz CT molecular complexity index is 974. The first kappa shape index (κ1) is 22.4. The zero-order valence-corrected chi connectivity index (χ0v) is 18.1. The molecule has 2 aromatic carbocycles. The first-order chi connectivity index (χ1) is 15.1. The van der Waals surface area contributed by atoms with Crippen LogP contribution in [0.3, 0.4) is 0 Å². The molecule has 0 aliphatic carbocycles. The first-order valence-electron chi connectivity index (χ1n) is 10.9. The molecule has 2 atom stereocenters. The predicted molar refractivity (Wildman–Crippen MR) is 116 cm³/mol. The lowest BCUT2D eigenvalue weighted by molar-refractivity contribution is -0.137. The van der Waals surface area contributed by atoms with Gasteiger partial charge in [0.1, 0.15) is 5.82 Å². The van der Waals surface area contributed by atoms with Crippen LogP contribution in [-0.2, 0) is 17.4 Å². The highest BCUT2D eigenvalue weighted by atomic mass is 19.4. The second kappa shape index (κ2) is 8.64. The minimum Gasteiger partial charge on any atom is -0.368 e. The second-order valence-corrected chi connectivity index (χ2v) is 8.97. The van der Waals surface area contributed by atoms with E-state index in [9.17, 15) is 22.4 Å². The molecule has 0 spiro atoms. The SMILES string of the molecule is CC(C)CNC(=O)[C@H]1Cc2cc(C(F)(F)F)ccc2N2CCN(c3ccc(F)cc3)C[C@H]12. The van der Waals surface area contributed by atoms with Gasteiger partial charge in [0.05, 0.1) is 17.5 Å². The molecule has 172 valence electrons. The number of nitrogens with zero attached hydrogens (tertiary/aromatic N) is 2. The molecule has 0 unspecified atom stereocenters. The van der Waals surface area contributed by atoms with E-state index >= 15 is 0 Å². The lowest BCUT2D eigenvalue weighted by Gasteiger charge is -2.49. The van der Waals surface area contributed by atoms with E-state index in [-0.39, 0.29) is 30.1 Å². The molecule has 1 saturated heterocycles. The Hall–Kier alpha value is -2.77. The molecule has 0 bridgehead atoms. The maximum Gasteiger partial charge on any atom is 0.416 e. The zero-order chi connectivity index (χ0) is 23.0. The highest BCUT2D eigenvalue weighted by Gasteiger charge is 2.42. The van der Waals surface area contributed by atoms with E-state index < -0.39 is 17.7 Å². The Balaban J connectivity index is 1.66. The van der Waals surface area contributed by atoms with Gasteiger partial charge in [-0.3, -0.25) is 4.79 Å². The molecule has 0 saturated carbocycles. The molecule has 2 aliphatic rings. The van der Waals surface area contributed by atoms with Gasteiger partial charge in [-0.1, -0.05) is 13.8 Å². The number of halogens is 4. The molecule has 1 amide bonds. The summed E-state index contributed by atoms with van der Waals surface area (Å²) in [6, 6.07) is 9.87. The summed E-state index contributed by atoms with van der Waals surface area (Å²) in [4.78, 5) is 17.3. The highest BCUT2D eigenvalue weighted by molar-refractivity contribution is 5.82. The first-order valence-corrected chi connectivity index (χ1v) is 10.9. The Kier molecular flexibility index (Phi) is 6.05. The van der Waals surface area contributed by atoms with Crippen LogP contribution in [0.2, 0.25) is 0 Å². The zero-order valence-electron chi connectivity index (χ0n) is 18.1. The van der Waals surface area contributed by atoms with Gasteiger partial charge in [0.15, 0.2) is 0 Å². The number of nitrogens with one attached hydrogen (secondary N) is 1. The maximum absolute atomic E-state index is 13.4. The number of benzene rings is 2. The van der Waals surface area contributed by atoms with Gasteiger partial charge < -0.3 is 15.1 Å². The molecule has 32 heavy (non-hydrogen) atoms. The topological polar surface area (TPSA) is 35.6 Å². The number of carbonyl (C=O) groups excluding carboxylic acids is 1. The molecule has 1 fully saturated rings. The van der Waals surface area contributed by atoms with E-state index in [4.69, 9.17) is 0 Å². The van der Waals surface area contributed by atoms with Crippen LogP contribution in [0, 0.1) is 17.7 Å². The van der Waals surface area contributed by atoms with Crippen LogP contribution in [0.4, 0.5) is 28.9 Å². The summed E-state index contributed by atoms with van der Waals surface area (Å²) in [5.74, 6) is -0.666. The third kappa shape index (κ3) is 4.54. The van der Waals surface area contributed by atoms with Crippen molar-refractivity contribution in [2.75, 3.05) is 36.0 Å². The van der Waals surface area contributed by atoms with Gasteiger partial charge in [-0.2, -0.15) is 13.2 Å². The fraction of sp³-hybridized carbons (Fsp3) is 0.458. The van der Waals surface area contributed by atoms with Crippen molar-refractivity contribution in [3.05, 3.63) is 59.4 Å². The number of amides is 1. The molecule has 4 rings (SSSR count). The highest BCUT2D eigenvalue weighted by Crippen LogP contribution is 2.40. The number of anilines is 2. The predicted octanol–water partition coefficient (Wildman–Crippen LogP) is 4.48. The third-order valence-electron chi connectivity index (χ3n) is 6.25. The number of hydrogen-bond donors (Lipinski definition) is 1. The molecule has 8 heteroatoms. The summed E-state index contributed by atoms with van der Waals surface area (Å²) in [6.45, 7) is 6.23. The van der Waals surface area contributed by atoms with Crippen LogP contribution >= 0.6 is 0 Å². The standard InChI is InChI=1S/C24H27F4N3O/c1-15(2)13-29-23(32)20-12-16-11-17(24(26,27)28)3-8-21(16)31-10-9-30(14-22(20)31)19-6-4-18(25)5-7-19/h3-8,11,15,20,22H,9-10,12-14H2,1-2H3,(H,29,32)/t20-,22+/m0/s1. The van der Waals surface area contributed by atoms with Gasteiger partial charge in [0, 0.05) is 37.6 Å². The van der Waals surface area contributed by atoms with Gasteiger partial charge in [-0.25, -0.2) is 4.39 Å². The van der Waals surface area contributed by atoms with E-state index in [2.05, 4.69) is 15.1 Å². The molecule has 4 nitrogen and oxygen atoms in total. The Labute approximate surface area is 185 Å². The van der Waals surface area contributed by atoms with E-state index in [0.717, 1.165) is 17.4 Å². The van der Waals surface area contributed by atoms with Gasteiger partial charge in [0.2, 0.25) is 5.91 Å². The van der Waals surface area contributed by atoms with Crippen molar-refractivity contribution < 1.29 is 22.4 Å². The van der Waals surface area contributed by atoms with Gasteiger partial charge in [-0.15, -0.1) is 0 Å². The van der Waals surface area contributed by atoms with Crippen molar-refractivity contribution in [2.45, 2.75) is 32.5 Å². The Morgan fingerprint density at radius 2 is 1.84 bits per heavy atom. The van der Waals surface area contributed by atoms with Crippen LogP contribution in [-0.4, -0.2) is 38.1 Å². The Morgan fingerprint density at radius 3 is 2.50 bits per heavy atom. The Morgan fingerprint density at radius 1 is 1.12 bits per heavy atom. The minimum atomic E-state index is -4.43. The molecule has 2 aliphatic heterocycles. The summed E-state index contributed by atoms with van der Waals surface area (Å²) in [5, 5.41) is 2.97. The summed E-state index contributed by atoms with van der Waals surface area (Å²) in [7, 11) is 0. The fourth-order valence-electron chi connectivity index (χ4n) is 4.62. The van der Waals surface area contributed by atoms with Crippen molar-refractivity contribution in [3.8, 4) is 0 Å². The van der Waals surface area contributed by atoms with Gasteiger partial charge >= 0.3 is 6.18 Å². The van der Waals surface area contributed by atoms with E-state index in [1.807, 2.05) is 13.8 Å². The number of fused-ring (bicyclic) bond motifs is 3. The van der Waals surface area contributed by atoms with Crippen LogP contribution in [0.1, 0.15) is 25.0 Å². The molecule has 0 radical (unpaired) electrons. The lowest BCUT2D eigenvalue weighted by atomic mass is 9.82. The summed E-state index contributed by atoms with van der Waals surface area (Å²) in [6.07, 6.45) is -4.18. The summed E-state index contributed by atoms with van der Waals surface area (Å²) in [5.41, 5.74) is 1.48. The summed E-state index contributed by atoms with van der Waals surface area (Å²) >= 11 is 0. The number of alkyl halides is 3. The van der Waals surface area contributed by atoms with Crippen LogP contribution in [0.15, 0.2) is 42.5 Å². The third-order valence-corrected chi connectivity index (χ3v) is 6.25. The van der Waals surface area contributed by atoms with Crippen molar-refractivity contribution in [1.29, 1.82) is 0 Å². The van der Waals surface area contributed by atoms with Crippen molar-refractivity contribution in [3.63, 3.8) is 0 Å². The lowest BCUT2D eigenvalue weighted by Crippen LogP contribution is -2.61. The number of hydrogen-bond acceptors (Lipinski definition) is 3. The van der Waals surface area contributed by atoms with E-state index in [1.165, 1.54) is 24.3 Å². The number of carbonyl (C=O) groups is 1. The molecule has 0 aromatic heterocycles. The fourth-order valence-corrected chi connectivity index (χ4v) is 4.62. The van der Waals surface area contributed by atoms with E-state index in [1.54, 1.807) is 12.1 Å². The molecule has 2 heterocycles. The molecular formula is C24H27F4N3O. The molecule has 2 aromatic rings. The maximum atomic E-state index is 13.4. The second-order valence-electron chi connectivity index (χ2n) is 8.97. The van der Waals surface area contributed by atoms with Crippen molar-refractivity contribution in [2.24, 2.45) is 11.8 Å². The average Bonchev–Trinajstić information content (AvgIpc) is 2.76. The smallest absolute Gasteiger partial charge is 0.368 e. The van der Waals surface area contributed by atoms with Gasteiger partial charge in [-0.05, 0) is 60.4 Å². The van der Waals surface area contributed by atoms with Crippen LogP contribution in [0.5, 0.6) is 0 Å². The van der Waals surface area contributed by atoms with E-state index in [0.29, 0.717) is 31.7 Å². The number of rotatable bonds is 4. The largest absolute Gasteiger partial charge is 0.416 e. The normalized spacial score (nSPS) is 20.7. The van der Waals surface area contributed by atoms with Crippen LogP contribution in [0.25, 0.3) is 0 Å². The molecular weight excluding hydrogens is 422 g/mol. The quantitative estimate of drug-likeness (QED) is 0.699. The molecule has 1 N–H and O–H groups in total. The van der Waals surface area contributed by atoms with Crippen molar-refractivity contribution >= 4 is 17.3 Å². The van der Waals surface area contributed by atoms with Gasteiger partial charge in [0.25, 0.3) is 0 Å². The number of piperazine rings is 1. The minimum absolute atomic E-state index is 0.141. The van der Waals surface area contributed by atoms with Crippen molar-refractivity contribution in [1.82, 2.24) is 5.32 Å².